The molecule has 1 atom stereocenters. The standard InChI is InChI=1S/C21H14O4/c22-20(23)15-7-9-16(10-8-15)21(24)25-18-12-11-14-4-1-3-13-5-2-6-17(18)19(13)14/h1-12,18H,(H,22,23). The lowest BCUT2D eigenvalue weighted by Crippen LogP contribution is -2.12. The van der Waals surface area contributed by atoms with Gasteiger partial charge >= 0.3 is 11.9 Å². The van der Waals surface area contributed by atoms with Crippen molar-refractivity contribution < 1.29 is 19.4 Å². The number of esters is 1. The molecule has 0 spiro atoms. The van der Waals surface area contributed by atoms with Crippen LogP contribution in [-0.4, -0.2) is 17.0 Å². The van der Waals surface area contributed by atoms with Crippen LogP contribution in [0.2, 0.25) is 0 Å². The van der Waals surface area contributed by atoms with Crippen LogP contribution in [0.5, 0.6) is 0 Å². The van der Waals surface area contributed by atoms with Crippen LogP contribution in [0.25, 0.3) is 16.8 Å². The Hall–Kier alpha value is -3.40. The summed E-state index contributed by atoms with van der Waals surface area (Å²) in [7, 11) is 0. The van der Waals surface area contributed by atoms with E-state index in [-0.39, 0.29) is 5.56 Å². The Balaban J connectivity index is 1.64. The molecule has 122 valence electrons. The van der Waals surface area contributed by atoms with Crippen LogP contribution in [0.15, 0.2) is 66.7 Å². The van der Waals surface area contributed by atoms with Crippen LogP contribution < -0.4 is 0 Å². The van der Waals surface area contributed by atoms with Gasteiger partial charge < -0.3 is 9.84 Å². The Kier molecular flexibility index (Phi) is 3.58. The van der Waals surface area contributed by atoms with E-state index in [2.05, 4.69) is 0 Å². The van der Waals surface area contributed by atoms with Crippen LogP contribution in [0, 0.1) is 0 Å². The molecule has 0 radical (unpaired) electrons. The van der Waals surface area contributed by atoms with Gasteiger partial charge in [-0.05, 0) is 46.7 Å². The Morgan fingerprint density at radius 1 is 0.880 bits per heavy atom. The summed E-state index contributed by atoms with van der Waals surface area (Å²) in [5, 5.41) is 11.1. The third-order valence-electron chi connectivity index (χ3n) is 4.33. The van der Waals surface area contributed by atoms with Crippen molar-refractivity contribution in [2.24, 2.45) is 0 Å². The second-order valence-corrected chi connectivity index (χ2v) is 5.86. The van der Waals surface area contributed by atoms with Crippen molar-refractivity contribution in [1.29, 1.82) is 0 Å². The lowest BCUT2D eigenvalue weighted by Gasteiger charge is -2.21. The quantitative estimate of drug-likeness (QED) is 0.720. The number of hydrogen-bond donors (Lipinski definition) is 1. The molecule has 4 rings (SSSR count). The van der Waals surface area contributed by atoms with E-state index in [4.69, 9.17) is 9.84 Å². The number of aromatic carboxylic acids is 1. The number of carbonyl (C=O) groups excluding carboxylic acids is 1. The van der Waals surface area contributed by atoms with Crippen LogP contribution in [-0.2, 0) is 4.74 Å². The number of carboxylic acid groups (broad SMARTS) is 1. The first-order valence-corrected chi connectivity index (χ1v) is 7.88. The number of rotatable bonds is 3. The van der Waals surface area contributed by atoms with Gasteiger partial charge in [0.15, 0.2) is 0 Å². The highest BCUT2D eigenvalue weighted by Crippen LogP contribution is 2.35. The minimum atomic E-state index is -1.03. The first kappa shape index (κ1) is 15.1. The van der Waals surface area contributed by atoms with Crippen molar-refractivity contribution in [1.82, 2.24) is 0 Å². The molecular weight excluding hydrogens is 316 g/mol. The fourth-order valence-electron chi connectivity index (χ4n) is 3.11. The van der Waals surface area contributed by atoms with Gasteiger partial charge in [-0.25, -0.2) is 9.59 Å². The monoisotopic (exact) mass is 330 g/mol. The molecule has 1 aliphatic rings. The average Bonchev–Trinajstić information content (AvgIpc) is 2.64. The zero-order valence-electron chi connectivity index (χ0n) is 13.2. The third-order valence-corrected chi connectivity index (χ3v) is 4.33. The zero-order valence-corrected chi connectivity index (χ0v) is 13.2. The Morgan fingerprint density at radius 3 is 2.28 bits per heavy atom. The molecular formula is C21H14O4. The maximum absolute atomic E-state index is 12.4. The third kappa shape index (κ3) is 2.68. The molecule has 25 heavy (non-hydrogen) atoms. The topological polar surface area (TPSA) is 63.6 Å². The van der Waals surface area contributed by atoms with Crippen molar-refractivity contribution in [2.75, 3.05) is 0 Å². The summed E-state index contributed by atoms with van der Waals surface area (Å²) < 4.78 is 5.65. The highest BCUT2D eigenvalue weighted by atomic mass is 16.5. The minimum Gasteiger partial charge on any atom is -0.478 e. The van der Waals surface area contributed by atoms with Crippen LogP contribution in [0.3, 0.4) is 0 Å². The summed E-state index contributed by atoms with van der Waals surface area (Å²) in [5.41, 5.74) is 2.51. The lowest BCUT2D eigenvalue weighted by molar-refractivity contribution is 0.0394. The number of ether oxygens (including phenoxy) is 1. The summed E-state index contributed by atoms with van der Waals surface area (Å²) in [6, 6.07) is 17.7. The first-order chi connectivity index (χ1) is 12.1. The van der Waals surface area contributed by atoms with Gasteiger partial charge in [-0.2, -0.15) is 0 Å². The van der Waals surface area contributed by atoms with Gasteiger partial charge in [0.25, 0.3) is 0 Å². The molecule has 0 fully saturated rings. The van der Waals surface area contributed by atoms with Crippen LogP contribution in [0.1, 0.15) is 37.9 Å². The van der Waals surface area contributed by atoms with E-state index < -0.39 is 18.0 Å². The SMILES string of the molecule is O=C(O)c1ccc(C(=O)OC2C=Cc3cccc4cccc2c34)cc1. The molecule has 0 saturated heterocycles. The smallest absolute Gasteiger partial charge is 0.339 e. The van der Waals surface area contributed by atoms with Crippen molar-refractivity contribution in [3.05, 3.63) is 89.0 Å². The van der Waals surface area contributed by atoms with Gasteiger partial charge in [0.2, 0.25) is 0 Å². The fraction of sp³-hybridized carbons (Fsp3) is 0.0476. The van der Waals surface area contributed by atoms with E-state index in [0.717, 1.165) is 21.9 Å². The van der Waals surface area contributed by atoms with Gasteiger partial charge in [0.1, 0.15) is 6.10 Å². The normalized spacial score (nSPS) is 15.1. The highest BCUT2D eigenvalue weighted by Gasteiger charge is 2.21. The second-order valence-electron chi connectivity index (χ2n) is 5.86. The summed E-state index contributed by atoms with van der Waals surface area (Å²) in [5.74, 6) is -1.51. The Morgan fingerprint density at radius 2 is 1.56 bits per heavy atom. The largest absolute Gasteiger partial charge is 0.478 e. The van der Waals surface area contributed by atoms with E-state index in [1.807, 2.05) is 48.6 Å². The highest BCUT2D eigenvalue weighted by molar-refractivity contribution is 5.97. The molecule has 0 saturated carbocycles. The van der Waals surface area contributed by atoms with Gasteiger partial charge in [0.05, 0.1) is 11.1 Å². The molecule has 3 aromatic rings. The average molecular weight is 330 g/mol. The summed E-state index contributed by atoms with van der Waals surface area (Å²) in [6.45, 7) is 0. The predicted molar refractivity (Wildman–Crippen MR) is 94.5 cm³/mol. The van der Waals surface area contributed by atoms with Crippen molar-refractivity contribution >= 4 is 28.8 Å². The Labute approximate surface area is 144 Å². The van der Waals surface area contributed by atoms with E-state index in [0.29, 0.717) is 5.56 Å². The van der Waals surface area contributed by atoms with Gasteiger partial charge in [-0.1, -0.05) is 42.5 Å². The second kappa shape index (κ2) is 5.91. The molecule has 1 aliphatic carbocycles. The predicted octanol–water partition coefficient (Wildman–Crippen LogP) is 4.46. The molecule has 4 heteroatoms. The minimum absolute atomic E-state index is 0.132. The molecule has 3 aromatic carbocycles. The van der Waals surface area contributed by atoms with Crippen molar-refractivity contribution in [3.8, 4) is 0 Å². The van der Waals surface area contributed by atoms with E-state index in [9.17, 15) is 9.59 Å². The van der Waals surface area contributed by atoms with Crippen LogP contribution in [0.4, 0.5) is 0 Å². The maximum Gasteiger partial charge on any atom is 0.339 e. The number of hydrogen-bond acceptors (Lipinski definition) is 3. The molecule has 0 bridgehead atoms. The lowest BCUT2D eigenvalue weighted by atomic mass is 9.91. The summed E-state index contributed by atoms with van der Waals surface area (Å²) in [6.07, 6.45) is 3.35. The molecule has 0 aliphatic heterocycles. The Bertz CT molecular complexity index is 1010. The van der Waals surface area contributed by atoms with Gasteiger partial charge in [-0.3, -0.25) is 0 Å². The molecule has 4 nitrogen and oxygen atoms in total. The van der Waals surface area contributed by atoms with Crippen molar-refractivity contribution in [3.63, 3.8) is 0 Å². The molecule has 0 amide bonds. The molecule has 0 aromatic heterocycles. The van der Waals surface area contributed by atoms with E-state index in [1.165, 1.54) is 24.3 Å². The zero-order chi connectivity index (χ0) is 17.4. The summed E-state index contributed by atoms with van der Waals surface area (Å²) in [4.78, 5) is 23.3. The summed E-state index contributed by atoms with van der Waals surface area (Å²) >= 11 is 0. The molecule has 0 heterocycles. The number of carbonyl (C=O) groups is 2. The van der Waals surface area contributed by atoms with Crippen molar-refractivity contribution in [2.45, 2.75) is 6.10 Å². The van der Waals surface area contributed by atoms with E-state index in [1.54, 1.807) is 0 Å². The van der Waals surface area contributed by atoms with Gasteiger partial charge in [0, 0.05) is 5.56 Å². The number of benzene rings is 3. The number of carboxylic acids is 1. The fourth-order valence-corrected chi connectivity index (χ4v) is 3.11. The maximum atomic E-state index is 12.4. The molecule has 1 unspecified atom stereocenters. The molecule has 1 N–H and O–H groups in total. The first-order valence-electron chi connectivity index (χ1n) is 7.88. The van der Waals surface area contributed by atoms with Crippen LogP contribution >= 0.6 is 0 Å². The van der Waals surface area contributed by atoms with E-state index >= 15 is 0 Å². The van der Waals surface area contributed by atoms with Gasteiger partial charge in [-0.15, -0.1) is 0 Å².